The average molecular weight is 341 g/mol. The van der Waals surface area contributed by atoms with Crippen LogP contribution >= 0.6 is 0 Å². The van der Waals surface area contributed by atoms with Crippen molar-refractivity contribution in [3.63, 3.8) is 0 Å². The molecule has 25 heavy (non-hydrogen) atoms. The van der Waals surface area contributed by atoms with Gasteiger partial charge in [0.15, 0.2) is 0 Å². The van der Waals surface area contributed by atoms with Gasteiger partial charge < -0.3 is 14.5 Å². The van der Waals surface area contributed by atoms with E-state index in [9.17, 15) is 9.59 Å². The second kappa shape index (κ2) is 6.50. The van der Waals surface area contributed by atoms with E-state index in [2.05, 4.69) is 10.3 Å². The number of nitrogens with one attached hydrogen (secondary N) is 1. The zero-order valence-electron chi connectivity index (χ0n) is 14.2. The van der Waals surface area contributed by atoms with Gasteiger partial charge in [0.05, 0.1) is 18.0 Å². The quantitative estimate of drug-likeness (QED) is 0.866. The number of rotatable bonds is 4. The molecule has 1 aliphatic heterocycles. The van der Waals surface area contributed by atoms with Crippen LogP contribution in [-0.2, 0) is 20.7 Å². The first kappa shape index (κ1) is 16.1. The normalized spacial score (nSPS) is 22.2. The highest BCUT2D eigenvalue weighted by molar-refractivity contribution is 5.87. The summed E-state index contributed by atoms with van der Waals surface area (Å²) in [6.45, 7) is 0.517. The molecule has 6 nitrogen and oxygen atoms in total. The van der Waals surface area contributed by atoms with E-state index < -0.39 is 5.60 Å². The Hall–Kier alpha value is -2.37. The van der Waals surface area contributed by atoms with Crippen LogP contribution in [0.4, 0.5) is 0 Å². The molecule has 1 spiro atoms. The van der Waals surface area contributed by atoms with Gasteiger partial charge in [-0.1, -0.05) is 12.5 Å². The van der Waals surface area contributed by atoms with Crippen molar-refractivity contribution in [1.82, 2.24) is 14.7 Å². The van der Waals surface area contributed by atoms with Crippen molar-refractivity contribution in [1.29, 1.82) is 0 Å². The number of ether oxygens (including phenoxy) is 1. The second-order valence-corrected chi connectivity index (χ2v) is 7.10. The van der Waals surface area contributed by atoms with Gasteiger partial charge in [0, 0.05) is 25.4 Å². The molecule has 132 valence electrons. The molecule has 0 unspecified atom stereocenters. The Bertz CT molecular complexity index is 759. The van der Waals surface area contributed by atoms with Gasteiger partial charge in [-0.25, -0.2) is 4.98 Å². The lowest BCUT2D eigenvalue weighted by Gasteiger charge is -2.36. The Morgan fingerprint density at radius 1 is 1.32 bits per heavy atom. The molecule has 0 aromatic carbocycles. The van der Waals surface area contributed by atoms with Gasteiger partial charge in [-0.15, -0.1) is 0 Å². The van der Waals surface area contributed by atoms with Gasteiger partial charge in [-0.2, -0.15) is 0 Å². The summed E-state index contributed by atoms with van der Waals surface area (Å²) >= 11 is 0. The molecule has 0 bridgehead atoms. The first-order chi connectivity index (χ1) is 12.2. The zero-order valence-corrected chi connectivity index (χ0v) is 14.2. The van der Waals surface area contributed by atoms with Crippen LogP contribution in [0.3, 0.4) is 0 Å². The molecular formula is C19H23N3O3. The van der Waals surface area contributed by atoms with Crippen LogP contribution in [0.25, 0.3) is 5.65 Å². The van der Waals surface area contributed by atoms with Crippen LogP contribution < -0.4 is 5.32 Å². The average Bonchev–Trinajstić information content (AvgIpc) is 3.16. The molecule has 2 aromatic rings. The predicted octanol–water partition coefficient (Wildman–Crippen LogP) is 2.26. The van der Waals surface area contributed by atoms with Crippen LogP contribution in [0.1, 0.15) is 44.2 Å². The lowest BCUT2D eigenvalue weighted by molar-refractivity contribution is -0.153. The van der Waals surface area contributed by atoms with Crippen molar-refractivity contribution in [3.05, 3.63) is 36.3 Å². The summed E-state index contributed by atoms with van der Waals surface area (Å²) in [6.07, 6.45) is 9.64. The highest BCUT2D eigenvalue weighted by Gasteiger charge is 2.52. The minimum absolute atomic E-state index is 0.0588. The smallest absolute Gasteiger partial charge is 0.307 e. The Balaban J connectivity index is 1.37. The van der Waals surface area contributed by atoms with Crippen molar-refractivity contribution < 1.29 is 14.3 Å². The highest BCUT2D eigenvalue weighted by atomic mass is 16.6. The number of carbonyl (C=O) groups is 2. The van der Waals surface area contributed by atoms with Crippen molar-refractivity contribution in [2.45, 2.75) is 50.5 Å². The van der Waals surface area contributed by atoms with E-state index in [-0.39, 0.29) is 24.2 Å². The fourth-order valence-electron chi connectivity index (χ4n) is 4.17. The third kappa shape index (κ3) is 3.13. The molecular weight excluding hydrogens is 318 g/mol. The van der Waals surface area contributed by atoms with Crippen LogP contribution in [0.2, 0.25) is 0 Å². The molecule has 1 N–H and O–H groups in total. The molecule has 6 heteroatoms. The molecule has 4 rings (SSSR count). The molecule has 1 saturated heterocycles. The van der Waals surface area contributed by atoms with Crippen LogP contribution in [0.5, 0.6) is 0 Å². The Morgan fingerprint density at radius 3 is 2.96 bits per heavy atom. The SMILES string of the molecule is O=C1C[C@H](C(=O)NCCc2cn3ccccc3n2)C2(CCCCC2)O1. The van der Waals surface area contributed by atoms with Crippen molar-refractivity contribution >= 4 is 17.5 Å². The monoisotopic (exact) mass is 341 g/mol. The number of fused-ring (bicyclic) bond motifs is 1. The molecule has 2 aromatic heterocycles. The molecule has 1 aliphatic carbocycles. The first-order valence-corrected chi connectivity index (χ1v) is 9.08. The fourth-order valence-corrected chi connectivity index (χ4v) is 4.17. The van der Waals surface area contributed by atoms with Gasteiger partial charge in [0.25, 0.3) is 0 Å². The third-order valence-corrected chi connectivity index (χ3v) is 5.43. The molecule has 2 aliphatic rings. The fraction of sp³-hybridized carbons (Fsp3) is 0.526. The van der Waals surface area contributed by atoms with Crippen molar-refractivity contribution in [3.8, 4) is 0 Å². The van der Waals surface area contributed by atoms with E-state index in [1.807, 2.05) is 35.0 Å². The van der Waals surface area contributed by atoms with E-state index in [1.54, 1.807) is 0 Å². The number of pyridine rings is 1. The lowest BCUT2D eigenvalue weighted by atomic mass is 9.75. The van der Waals surface area contributed by atoms with Gasteiger partial charge in [0.1, 0.15) is 11.2 Å². The van der Waals surface area contributed by atoms with Crippen LogP contribution in [0, 0.1) is 5.92 Å². The minimum atomic E-state index is -0.553. The lowest BCUT2D eigenvalue weighted by Crippen LogP contribution is -2.46. The van der Waals surface area contributed by atoms with E-state index in [4.69, 9.17) is 4.74 Å². The number of imidazole rings is 1. The summed E-state index contributed by atoms with van der Waals surface area (Å²) in [6, 6.07) is 5.87. The topological polar surface area (TPSA) is 72.7 Å². The van der Waals surface area contributed by atoms with E-state index in [1.165, 1.54) is 0 Å². The van der Waals surface area contributed by atoms with E-state index in [0.717, 1.165) is 43.4 Å². The maximum atomic E-state index is 12.7. The Labute approximate surface area is 146 Å². The summed E-state index contributed by atoms with van der Waals surface area (Å²) in [5.41, 5.74) is 1.29. The number of esters is 1. The first-order valence-electron chi connectivity index (χ1n) is 9.08. The minimum Gasteiger partial charge on any atom is -0.458 e. The molecule has 1 saturated carbocycles. The second-order valence-electron chi connectivity index (χ2n) is 7.10. The number of hydrogen-bond acceptors (Lipinski definition) is 4. The van der Waals surface area contributed by atoms with Crippen LogP contribution in [0.15, 0.2) is 30.6 Å². The van der Waals surface area contributed by atoms with Gasteiger partial charge in [0.2, 0.25) is 5.91 Å². The summed E-state index contributed by atoms with van der Waals surface area (Å²) in [4.78, 5) is 29.0. The third-order valence-electron chi connectivity index (χ3n) is 5.43. The largest absolute Gasteiger partial charge is 0.458 e. The summed E-state index contributed by atoms with van der Waals surface area (Å²) in [5.74, 6) is -0.639. The molecule has 0 radical (unpaired) electrons. The molecule has 3 heterocycles. The number of hydrogen-bond donors (Lipinski definition) is 1. The molecule has 2 fully saturated rings. The van der Waals surface area contributed by atoms with E-state index in [0.29, 0.717) is 13.0 Å². The number of aromatic nitrogens is 2. The maximum Gasteiger partial charge on any atom is 0.307 e. The molecule has 1 atom stereocenters. The highest BCUT2D eigenvalue weighted by Crippen LogP contribution is 2.44. The zero-order chi connectivity index (χ0) is 17.3. The van der Waals surface area contributed by atoms with Gasteiger partial charge >= 0.3 is 5.97 Å². The summed E-state index contributed by atoms with van der Waals surface area (Å²) < 4.78 is 7.58. The predicted molar refractivity (Wildman–Crippen MR) is 91.9 cm³/mol. The van der Waals surface area contributed by atoms with Crippen LogP contribution in [-0.4, -0.2) is 33.4 Å². The number of carbonyl (C=O) groups excluding carboxylic acids is 2. The molecule has 1 amide bonds. The summed E-state index contributed by atoms with van der Waals surface area (Å²) in [7, 11) is 0. The summed E-state index contributed by atoms with van der Waals surface area (Å²) in [5, 5.41) is 2.99. The van der Waals surface area contributed by atoms with Gasteiger partial charge in [-0.3, -0.25) is 9.59 Å². The standard InChI is InChI=1S/C19H23N3O3/c23-17-12-15(19(25-17)8-3-1-4-9-19)18(24)20-10-7-14-13-22-11-5-2-6-16(22)21-14/h2,5-6,11,13,15H,1,3-4,7-10,12H2,(H,20,24)/t15-/m1/s1. The van der Waals surface area contributed by atoms with Crippen molar-refractivity contribution in [2.24, 2.45) is 5.92 Å². The number of nitrogens with zero attached hydrogens (tertiary/aromatic N) is 2. The van der Waals surface area contributed by atoms with Gasteiger partial charge in [-0.05, 0) is 37.8 Å². The van der Waals surface area contributed by atoms with E-state index >= 15 is 0 Å². The Morgan fingerprint density at radius 2 is 2.16 bits per heavy atom. The Kier molecular flexibility index (Phi) is 4.19. The number of amides is 1. The van der Waals surface area contributed by atoms with Crippen molar-refractivity contribution in [2.75, 3.05) is 6.54 Å². The maximum absolute atomic E-state index is 12.7.